The number of carbonyl (C=O) groups excluding carboxylic acids is 1. The first-order valence-electron chi connectivity index (χ1n) is 7.94. The average Bonchev–Trinajstić information content (AvgIpc) is 3.16. The summed E-state index contributed by atoms with van der Waals surface area (Å²) < 4.78 is 16.0. The van der Waals surface area contributed by atoms with E-state index >= 15 is 0 Å². The van der Waals surface area contributed by atoms with Gasteiger partial charge >= 0.3 is 0 Å². The number of amides is 1. The largest absolute Gasteiger partial charge is 0.493 e. The number of carbonyl (C=O) groups is 1. The van der Waals surface area contributed by atoms with Crippen LogP contribution in [0.15, 0.2) is 47.1 Å². The van der Waals surface area contributed by atoms with Gasteiger partial charge in [0.2, 0.25) is 17.7 Å². The highest BCUT2D eigenvalue weighted by atomic mass is 16.5. The standard InChI is InChI=1S/C18H18N4O4/c1-24-14-4-3-13(11-15(14)25-2)20-16(23)5-6-17-21-22-18(26-17)12-7-9-19-10-8-12/h3-4,7-11H,5-6H2,1-2H3,(H,20,23). The molecule has 0 aliphatic heterocycles. The molecule has 1 aromatic carbocycles. The fraction of sp³-hybridized carbons (Fsp3) is 0.222. The van der Waals surface area contributed by atoms with Gasteiger partial charge in [-0.3, -0.25) is 9.78 Å². The zero-order valence-electron chi connectivity index (χ0n) is 14.4. The van der Waals surface area contributed by atoms with Crippen LogP contribution in [0.5, 0.6) is 11.5 Å². The number of pyridine rings is 1. The number of anilines is 1. The molecule has 0 unspecified atom stereocenters. The van der Waals surface area contributed by atoms with Crippen molar-refractivity contribution < 1.29 is 18.7 Å². The topological polar surface area (TPSA) is 99.4 Å². The molecule has 26 heavy (non-hydrogen) atoms. The predicted octanol–water partition coefficient (Wildman–Crippen LogP) is 2.72. The highest BCUT2D eigenvalue weighted by molar-refractivity contribution is 5.91. The van der Waals surface area contributed by atoms with Gasteiger partial charge in [-0.1, -0.05) is 0 Å². The van der Waals surface area contributed by atoms with Gasteiger partial charge in [0, 0.05) is 42.6 Å². The van der Waals surface area contributed by atoms with Crippen molar-refractivity contribution in [2.45, 2.75) is 12.8 Å². The van der Waals surface area contributed by atoms with Crippen molar-refractivity contribution in [2.24, 2.45) is 0 Å². The monoisotopic (exact) mass is 354 g/mol. The van der Waals surface area contributed by atoms with Gasteiger partial charge in [0.1, 0.15) is 0 Å². The fourth-order valence-electron chi connectivity index (χ4n) is 2.32. The number of nitrogens with one attached hydrogen (secondary N) is 1. The Balaban J connectivity index is 1.57. The first-order chi connectivity index (χ1) is 12.7. The third-order valence-corrected chi connectivity index (χ3v) is 3.63. The number of rotatable bonds is 7. The fourth-order valence-corrected chi connectivity index (χ4v) is 2.32. The van der Waals surface area contributed by atoms with Gasteiger partial charge in [-0.05, 0) is 24.3 Å². The van der Waals surface area contributed by atoms with Crippen LogP contribution in [0.25, 0.3) is 11.5 Å². The van der Waals surface area contributed by atoms with Crippen LogP contribution in [0.3, 0.4) is 0 Å². The van der Waals surface area contributed by atoms with Gasteiger partial charge in [0.15, 0.2) is 11.5 Å². The van der Waals surface area contributed by atoms with E-state index in [2.05, 4.69) is 20.5 Å². The number of hydrogen-bond donors (Lipinski definition) is 1. The highest BCUT2D eigenvalue weighted by Gasteiger charge is 2.11. The second kappa shape index (κ2) is 8.11. The van der Waals surface area contributed by atoms with E-state index in [1.165, 1.54) is 0 Å². The van der Waals surface area contributed by atoms with E-state index in [9.17, 15) is 4.79 Å². The molecule has 0 radical (unpaired) electrons. The Morgan fingerprint density at radius 2 is 1.85 bits per heavy atom. The molecule has 1 N–H and O–H groups in total. The summed E-state index contributed by atoms with van der Waals surface area (Å²) in [6.45, 7) is 0. The number of methoxy groups -OCH3 is 2. The lowest BCUT2D eigenvalue weighted by atomic mass is 10.2. The second-order valence-corrected chi connectivity index (χ2v) is 5.35. The summed E-state index contributed by atoms with van der Waals surface area (Å²) in [6.07, 6.45) is 3.86. The molecule has 0 saturated heterocycles. The number of aromatic nitrogens is 3. The molecule has 134 valence electrons. The van der Waals surface area contributed by atoms with Crippen LogP contribution in [0, 0.1) is 0 Å². The lowest BCUT2D eigenvalue weighted by Gasteiger charge is -2.10. The third-order valence-electron chi connectivity index (χ3n) is 3.63. The Bertz CT molecular complexity index is 880. The maximum Gasteiger partial charge on any atom is 0.247 e. The maximum atomic E-state index is 12.1. The smallest absolute Gasteiger partial charge is 0.247 e. The SMILES string of the molecule is COc1ccc(NC(=O)CCc2nnc(-c3ccncc3)o2)cc1OC. The molecule has 2 aromatic heterocycles. The van der Waals surface area contributed by atoms with Crippen molar-refractivity contribution >= 4 is 11.6 Å². The van der Waals surface area contributed by atoms with Crippen molar-refractivity contribution in [3.63, 3.8) is 0 Å². The Labute approximate surface area is 150 Å². The maximum absolute atomic E-state index is 12.1. The number of hydrogen-bond acceptors (Lipinski definition) is 7. The van der Waals surface area contributed by atoms with Gasteiger partial charge in [0.05, 0.1) is 14.2 Å². The molecular weight excluding hydrogens is 336 g/mol. The van der Waals surface area contributed by atoms with Crippen LogP contribution in [0.4, 0.5) is 5.69 Å². The number of aryl methyl sites for hydroxylation is 1. The second-order valence-electron chi connectivity index (χ2n) is 5.35. The average molecular weight is 354 g/mol. The molecule has 8 heteroatoms. The highest BCUT2D eigenvalue weighted by Crippen LogP contribution is 2.29. The number of ether oxygens (including phenoxy) is 2. The van der Waals surface area contributed by atoms with Crippen LogP contribution in [-0.4, -0.2) is 35.3 Å². The Morgan fingerprint density at radius 3 is 2.58 bits per heavy atom. The Kier molecular flexibility index (Phi) is 5.43. The lowest BCUT2D eigenvalue weighted by Crippen LogP contribution is -2.12. The minimum atomic E-state index is -0.166. The van der Waals surface area contributed by atoms with Crippen LogP contribution in [0.2, 0.25) is 0 Å². The zero-order chi connectivity index (χ0) is 18.4. The van der Waals surface area contributed by atoms with E-state index in [0.29, 0.717) is 35.4 Å². The van der Waals surface area contributed by atoms with E-state index < -0.39 is 0 Å². The molecule has 0 bridgehead atoms. The third kappa shape index (κ3) is 4.15. The summed E-state index contributed by atoms with van der Waals surface area (Å²) in [5.41, 5.74) is 1.41. The normalized spacial score (nSPS) is 10.4. The molecule has 3 aromatic rings. The summed E-state index contributed by atoms with van der Waals surface area (Å²) in [5, 5.41) is 10.8. The minimum absolute atomic E-state index is 0.166. The van der Waals surface area contributed by atoms with Crippen molar-refractivity contribution in [1.29, 1.82) is 0 Å². The number of nitrogens with zero attached hydrogens (tertiary/aromatic N) is 3. The quantitative estimate of drug-likeness (QED) is 0.696. The molecule has 0 aliphatic rings. The van der Waals surface area contributed by atoms with E-state index in [4.69, 9.17) is 13.9 Å². The van der Waals surface area contributed by atoms with E-state index in [1.54, 1.807) is 56.9 Å². The summed E-state index contributed by atoms with van der Waals surface area (Å²) >= 11 is 0. The van der Waals surface area contributed by atoms with Crippen LogP contribution in [0.1, 0.15) is 12.3 Å². The molecule has 0 aliphatic carbocycles. The lowest BCUT2D eigenvalue weighted by molar-refractivity contribution is -0.116. The molecule has 0 atom stereocenters. The van der Waals surface area contributed by atoms with Gasteiger partial charge in [0.25, 0.3) is 0 Å². The molecule has 0 fully saturated rings. The van der Waals surface area contributed by atoms with E-state index in [1.807, 2.05) is 0 Å². The first-order valence-corrected chi connectivity index (χ1v) is 7.94. The summed E-state index contributed by atoms with van der Waals surface area (Å²) in [5.74, 6) is 1.78. The van der Waals surface area contributed by atoms with Crippen LogP contribution >= 0.6 is 0 Å². The minimum Gasteiger partial charge on any atom is -0.493 e. The van der Waals surface area contributed by atoms with Gasteiger partial charge < -0.3 is 19.2 Å². The van der Waals surface area contributed by atoms with Crippen LogP contribution in [-0.2, 0) is 11.2 Å². The molecule has 3 rings (SSSR count). The molecule has 0 spiro atoms. The van der Waals surface area contributed by atoms with Crippen LogP contribution < -0.4 is 14.8 Å². The summed E-state index contributed by atoms with van der Waals surface area (Å²) in [7, 11) is 3.10. The van der Waals surface area contributed by atoms with Gasteiger partial charge in [-0.15, -0.1) is 10.2 Å². The van der Waals surface area contributed by atoms with Crippen molar-refractivity contribution in [2.75, 3.05) is 19.5 Å². The Morgan fingerprint density at radius 1 is 1.08 bits per heavy atom. The Hall–Kier alpha value is -3.42. The molecule has 8 nitrogen and oxygen atoms in total. The summed E-state index contributed by atoms with van der Waals surface area (Å²) in [6, 6.07) is 8.73. The molecule has 0 saturated carbocycles. The van der Waals surface area contributed by atoms with Gasteiger partial charge in [-0.25, -0.2) is 0 Å². The van der Waals surface area contributed by atoms with E-state index in [0.717, 1.165) is 5.56 Å². The summed E-state index contributed by atoms with van der Waals surface area (Å²) in [4.78, 5) is 16.1. The van der Waals surface area contributed by atoms with Crippen molar-refractivity contribution in [3.05, 3.63) is 48.6 Å². The zero-order valence-corrected chi connectivity index (χ0v) is 14.4. The predicted molar refractivity (Wildman–Crippen MR) is 94.0 cm³/mol. The van der Waals surface area contributed by atoms with Gasteiger partial charge in [-0.2, -0.15) is 0 Å². The first kappa shape index (κ1) is 17.4. The molecule has 2 heterocycles. The molecule has 1 amide bonds. The van der Waals surface area contributed by atoms with E-state index in [-0.39, 0.29) is 12.3 Å². The molecular formula is C18H18N4O4. The van der Waals surface area contributed by atoms with Crippen molar-refractivity contribution in [3.8, 4) is 23.0 Å². The van der Waals surface area contributed by atoms with Crippen molar-refractivity contribution in [1.82, 2.24) is 15.2 Å². The number of benzene rings is 1.